The van der Waals surface area contributed by atoms with Crippen LogP contribution >= 0.6 is 0 Å². The Hall–Kier alpha value is -1.39. The van der Waals surface area contributed by atoms with Crippen molar-refractivity contribution in [2.75, 3.05) is 6.54 Å². The van der Waals surface area contributed by atoms with Gasteiger partial charge in [-0.05, 0) is 31.5 Å². The van der Waals surface area contributed by atoms with Gasteiger partial charge in [-0.2, -0.15) is 0 Å². The van der Waals surface area contributed by atoms with E-state index in [1.807, 2.05) is 18.2 Å². The van der Waals surface area contributed by atoms with Crippen LogP contribution in [0.25, 0.3) is 0 Å². The molecule has 0 spiro atoms. The second-order valence-corrected chi connectivity index (χ2v) is 5.73. The van der Waals surface area contributed by atoms with Crippen molar-refractivity contribution in [1.82, 2.24) is 10.6 Å². The highest BCUT2D eigenvalue weighted by molar-refractivity contribution is 5.94. The maximum Gasteiger partial charge on any atom is 0.251 e. The van der Waals surface area contributed by atoms with E-state index >= 15 is 0 Å². The van der Waals surface area contributed by atoms with Crippen LogP contribution in [0.5, 0.6) is 0 Å². The van der Waals surface area contributed by atoms with Crippen molar-refractivity contribution in [2.45, 2.75) is 45.9 Å². The summed E-state index contributed by atoms with van der Waals surface area (Å²) in [7, 11) is 0. The third-order valence-corrected chi connectivity index (χ3v) is 2.59. The predicted molar refractivity (Wildman–Crippen MR) is 77.0 cm³/mol. The zero-order valence-electron chi connectivity index (χ0n) is 12.2. The summed E-state index contributed by atoms with van der Waals surface area (Å²) in [5.41, 5.74) is 0.795. The molecule has 0 bridgehead atoms. The van der Waals surface area contributed by atoms with Crippen LogP contribution in [0.15, 0.2) is 24.3 Å². The highest BCUT2D eigenvalue weighted by atomic mass is 16.3. The predicted octanol–water partition coefficient (Wildman–Crippen LogP) is 1.69. The Kier molecular flexibility index (Phi) is 5.51. The van der Waals surface area contributed by atoms with E-state index in [0.29, 0.717) is 11.6 Å². The molecule has 0 aliphatic heterocycles. The Labute approximate surface area is 115 Å². The van der Waals surface area contributed by atoms with Crippen molar-refractivity contribution in [2.24, 2.45) is 0 Å². The van der Waals surface area contributed by atoms with Gasteiger partial charge in [-0.3, -0.25) is 4.79 Å². The van der Waals surface area contributed by atoms with Crippen molar-refractivity contribution in [3.8, 4) is 0 Å². The average molecular weight is 264 g/mol. The van der Waals surface area contributed by atoms with Gasteiger partial charge in [0.15, 0.2) is 0 Å². The second kappa shape index (κ2) is 6.68. The lowest BCUT2D eigenvalue weighted by molar-refractivity contribution is 0.0694. The number of hydrogen-bond donors (Lipinski definition) is 3. The van der Waals surface area contributed by atoms with Gasteiger partial charge in [0.1, 0.15) is 0 Å². The molecule has 19 heavy (non-hydrogen) atoms. The molecule has 106 valence electrons. The molecule has 4 heteroatoms. The summed E-state index contributed by atoms with van der Waals surface area (Å²) in [6.45, 7) is 8.47. The smallest absolute Gasteiger partial charge is 0.251 e. The number of carbonyl (C=O) groups excluding carboxylic acids is 1. The molecule has 0 aliphatic carbocycles. The van der Waals surface area contributed by atoms with Crippen molar-refractivity contribution in [3.63, 3.8) is 0 Å². The molecule has 0 heterocycles. The Bertz CT molecular complexity index is 422. The molecule has 0 unspecified atom stereocenters. The molecule has 0 atom stereocenters. The van der Waals surface area contributed by atoms with Crippen molar-refractivity contribution < 1.29 is 9.90 Å². The van der Waals surface area contributed by atoms with E-state index in [1.165, 1.54) is 0 Å². The first-order valence-corrected chi connectivity index (χ1v) is 6.61. The Morgan fingerprint density at radius 2 is 2.05 bits per heavy atom. The molecule has 0 aliphatic rings. The van der Waals surface area contributed by atoms with E-state index in [9.17, 15) is 9.90 Å². The molecule has 1 aromatic rings. The molecule has 4 nitrogen and oxygen atoms in total. The van der Waals surface area contributed by atoms with Gasteiger partial charge in [0.2, 0.25) is 0 Å². The first kappa shape index (κ1) is 15.7. The largest absolute Gasteiger partial charge is 0.389 e. The van der Waals surface area contributed by atoms with Crippen LogP contribution in [0.3, 0.4) is 0 Å². The van der Waals surface area contributed by atoms with Gasteiger partial charge in [-0.1, -0.05) is 26.0 Å². The first-order chi connectivity index (χ1) is 8.78. The molecular formula is C15H24N2O2. The fraction of sp³-hybridized carbons (Fsp3) is 0.533. The van der Waals surface area contributed by atoms with E-state index in [2.05, 4.69) is 24.5 Å². The fourth-order valence-electron chi connectivity index (χ4n) is 1.54. The van der Waals surface area contributed by atoms with E-state index in [1.54, 1.807) is 19.9 Å². The van der Waals surface area contributed by atoms with Crippen molar-refractivity contribution >= 4 is 5.91 Å². The summed E-state index contributed by atoms with van der Waals surface area (Å²) >= 11 is 0. The first-order valence-electron chi connectivity index (χ1n) is 6.61. The summed E-state index contributed by atoms with van der Waals surface area (Å²) in [4.78, 5) is 11.9. The molecule has 0 fully saturated rings. The minimum atomic E-state index is -0.896. The molecular weight excluding hydrogens is 240 g/mol. The summed E-state index contributed by atoms with van der Waals surface area (Å²) < 4.78 is 0. The highest BCUT2D eigenvalue weighted by Gasteiger charge is 2.14. The van der Waals surface area contributed by atoms with Crippen LogP contribution in [0.2, 0.25) is 0 Å². The lowest BCUT2D eigenvalue weighted by Gasteiger charge is -2.17. The molecule has 3 N–H and O–H groups in total. The second-order valence-electron chi connectivity index (χ2n) is 5.73. The highest BCUT2D eigenvalue weighted by Crippen LogP contribution is 2.06. The van der Waals surface area contributed by atoms with Crippen LogP contribution in [0, 0.1) is 0 Å². The maximum atomic E-state index is 11.9. The van der Waals surface area contributed by atoms with Gasteiger partial charge >= 0.3 is 0 Å². The zero-order valence-corrected chi connectivity index (χ0v) is 12.2. The van der Waals surface area contributed by atoms with Gasteiger partial charge < -0.3 is 15.7 Å². The van der Waals surface area contributed by atoms with E-state index in [-0.39, 0.29) is 12.5 Å². The van der Waals surface area contributed by atoms with Gasteiger partial charge in [0.25, 0.3) is 5.91 Å². The number of aliphatic hydroxyl groups is 1. The van der Waals surface area contributed by atoms with E-state index in [4.69, 9.17) is 0 Å². The zero-order chi connectivity index (χ0) is 14.5. The summed E-state index contributed by atoms with van der Waals surface area (Å²) in [5, 5.41) is 15.6. The number of amides is 1. The molecule has 0 radical (unpaired) electrons. The van der Waals surface area contributed by atoms with E-state index in [0.717, 1.165) is 12.1 Å². The normalized spacial score (nSPS) is 11.7. The van der Waals surface area contributed by atoms with Crippen molar-refractivity contribution in [3.05, 3.63) is 35.4 Å². The Morgan fingerprint density at radius 1 is 1.37 bits per heavy atom. The van der Waals surface area contributed by atoms with Gasteiger partial charge in [0.05, 0.1) is 5.60 Å². The monoisotopic (exact) mass is 264 g/mol. The standard InChI is InChI=1S/C15H24N2O2/c1-11(2)16-9-12-6-5-7-13(8-12)14(18)17-10-15(3,4)19/h5-8,11,16,19H,9-10H2,1-4H3,(H,17,18). The van der Waals surface area contributed by atoms with Crippen LogP contribution in [0.1, 0.15) is 43.6 Å². The molecule has 1 aromatic carbocycles. The number of benzene rings is 1. The van der Waals surface area contributed by atoms with Crippen LogP contribution in [-0.4, -0.2) is 29.2 Å². The van der Waals surface area contributed by atoms with Crippen LogP contribution in [0.4, 0.5) is 0 Å². The molecule has 0 aromatic heterocycles. The van der Waals surface area contributed by atoms with Crippen LogP contribution in [-0.2, 0) is 6.54 Å². The fourth-order valence-corrected chi connectivity index (χ4v) is 1.54. The summed E-state index contributed by atoms with van der Waals surface area (Å²) in [6.07, 6.45) is 0. The summed E-state index contributed by atoms with van der Waals surface area (Å²) in [6, 6.07) is 7.92. The van der Waals surface area contributed by atoms with Crippen molar-refractivity contribution in [1.29, 1.82) is 0 Å². The maximum absolute atomic E-state index is 11.9. The SMILES string of the molecule is CC(C)NCc1cccc(C(=O)NCC(C)(C)O)c1. The van der Waals surface area contributed by atoms with Crippen LogP contribution < -0.4 is 10.6 Å². The number of rotatable bonds is 6. The number of nitrogens with one attached hydrogen (secondary N) is 2. The van der Waals surface area contributed by atoms with Gasteiger partial charge in [-0.25, -0.2) is 0 Å². The third kappa shape index (κ3) is 6.36. The lowest BCUT2D eigenvalue weighted by atomic mass is 10.1. The molecule has 1 rings (SSSR count). The Morgan fingerprint density at radius 3 is 2.63 bits per heavy atom. The lowest BCUT2D eigenvalue weighted by Crippen LogP contribution is -2.38. The molecule has 0 saturated carbocycles. The number of hydrogen-bond acceptors (Lipinski definition) is 3. The molecule has 0 saturated heterocycles. The summed E-state index contributed by atoms with van der Waals surface area (Å²) in [5.74, 6) is -0.159. The average Bonchev–Trinajstić information content (AvgIpc) is 2.33. The third-order valence-electron chi connectivity index (χ3n) is 2.59. The Balaban J connectivity index is 2.62. The van der Waals surface area contributed by atoms with E-state index < -0.39 is 5.60 Å². The minimum Gasteiger partial charge on any atom is -0.389 e. The number of carbonyl (C=O) groups is 1. The minimum absolute atomic E-state index is 0.159. The van der Waals surface area contributed by atoms with Gasteiger partial charge in [0, 0.05) is 24.7 Å². The quantitative estimate of drug-likeness (QED) is 0.732. The van der Waals surface area contributed by atoms with Gasteiger partial charge in [-0.15, -0.1) is 0 Å². The topological polar surface area (TPSA) is 61.4 Å². The molecule has 1 amide bonds.